The van der Waals surface area contributed by atoms with Gasteiger partial charge in [-0.1, -0.05) is 33.6 Å². The van der Waals surface area contributed by atoms with Crippen LogP contribution in [0.25, 0.3) is 0 Å². The Morgan fingerprint density at radius 1 is 1.47 bits per heavy atom. The third-order valence-corrected chi connectivity index (χ3v) is 4.15. The lowest BCUT2D eigenvalue weighted by Crippen LogP contribution is -2.31. The van der Waals surface area contributed by atoms with Gasteiger partial charge in [-0.3, -0.25) is 0 Å². The summed E-state index contributed by atoms with van der Waals surface area (Å²) in [5.41, 5.74) is 1.41. The van der Waals surface area contributed by atoms with Gasteiger partial charge in [-0.25, -0.2) is 4.39 Å². The highest BCUT2D eigenvalue weighted by Gasteiger charge is 2.26. The Kier molecular flexibility index (Phi) is 4.42. The fourth-order valence-corrected chi connectivity index (χ4v) is 2.85. The van der Waals surface area contributed by atoms with E-state index in [4.69, 9.17) is 21.1 Å². The molecule has 1 aliphatic rings. The van der Waals surface area contributed by atoms with Crippen LogP contribution in [0.4, 0.5) is 4.39 Å². The van der Waals surface area contributed by atoms with Gasteiger partial charge in [-0.05, 0) is 24.1 Å². The van der Waals surface area contributed by atoms with E-state index in [0.717, 1.165) is 5.56 Å². The molecular weight excluding hydrogens is 310 g/mol. The van der Waals surface area contributed by atoms with Gasteiger partial charge in [0.2, 0.25) is 0 Å². The minimum absolute atomic E-state index is 0.0883. The molecule has 1 aromatic carbocycles. The van der Waals surface area contributed by atoms with Gasteiger partial charge < -0.3 is 9.47 Å². The fraction of sp³-hybridized carbons (Fsp3) is 0.500. The fourth-order valence-electron chi connectivity index (χ4n) is 1.77. The average molecular weight is 324 g/mol. The molecule has 0 spiro atoms. The van der Waals surface area contributed by atoms with Gasteiger partial charge in [0.25, 0.3) is 0 Å². The standard InChI is InChI=1S/C12H13BrClFO2/c1-7-4-8(9(14)5-10(7)15)12(13)11-6-16-2-3-17-11/h4-5,11-12H,2-3,6H2,1H3. The summed E-state index contributed by atoms with van der Waals surface area (Å²) in [4.78, 5) is -0.0883. The molecule has 1 heterocycles. The number of halogens is 3. The SMILES string of the molecule is Cc1cc(C(Br)C2COCCO2)c(Cl)cc1F. The first-order chi connectivity index (χ1) is 8.09. The van der Waals surface area contributed by atoms with Crippen molar-refractivity contribution in [2.75, 3.05) is 19.8 Å². The molecule has 1 aliphatic heterocycles. The smallest absolute Gasteiger partial charge is 0.127 e. The lowest BCUT2D eigenvalue weighted by Gasteiger charge is -2.28. The van der Waals surface area contributed by atoms with Crippen molar-refractivity contribution in [1.29, 1.82) is 0 Å². The van der Waals surface area contributed by atoms with Gasteiger partial charge in [-0.2, -0.15) is 0 Å². The van der Waals surface area contributed by atoms with Crippen LogP contribution in [0.15, 0.2) is 12.1 Å². The Labute approximate surface area is 113 Å². The van der Waals surface area contributed by atoms with Crippen LogP contribution in [0.1, 0.15) is 16.0 Å². The monoisotopic (exact) mass is 322 g/mol. The van der Waals surface area contributed by atoms with Crippen molar-refractivity contribution in [2.24, 2.45) is 0 Å². The summed E-state index contributed by atoms with van der Waals surface area (Å²) in [6.45, 7) is 3.42. The maximum absolute atomic E-state index is 13.3. The zero-order valence-corrected chi connectivity index (χ0v) is 11.7. The number of alkyl halides is 1. The molecule has 0 aliphatic carbocycles. The van der Waals surface area contributed by atoms with Crippen molar-refractivity contribution < 1.29 is 13.9 Å². The Balaban J connectivity index is 2.23. The number of benzene rings is 1. The first-order valence-electron chi connectivity index (χ1n) is 5.38. The highest BCUT2D eigenvalue weighted by Crippen LogP contribution is 2.35. The quantitative estimate of drug-likeness (QED) is 0.774. The van der Waals surface area contributed by atoms with Crippen LogP contribution in [0, 0.1) is 12.7 Å². The van der Waals surface area contributed by atoms with E-state index in [0.29, 0.717) is 30.4 Å². The molecule has 2 unspecified atom stereocenters. The summed E-state index contributed by atoms with van der Waals surface area (Å²) in [6, 6.07) is 3.08. The predicted molar refractivity (Wildman–Crippen MR) is 68.4 cm³/mol. The lowest BCUT2D eigenvalue weighted by molar-refractivity contribution is -0.0876. The van der Waals surface area contributed by atoms with Crippen molar-refractivity contribution in [3.05, 3.63) is 34.1 Å². The lowest BCUT2D eigenvalue weighted by atomic mass is 10.0. The molecule has 0 amide bonds. The predicted octanol–water partition coefficient (Wildman–Crippen LogP) is 3.64. The van der Waals surface area contributed by atoms with Gasteiger partial charge in [-0.15, -0.1) is 0 Å². The first-order valence-corrected chi connectivity index (χ1v) is 6.68. The highest BCUT2D eigenvalue weighted by atomic mass is 79.9. The van der Waals surface area contributed by atoms with Gasteiger partial charge in [0.15, 0.2) is 0 Å². The van der Waals surface area contributed by atoms with Crippen molar-refractivity contribution in [3.8, 4) is 0 Å². The molecular formula is C12H13BrClFO2. The van der Waals surface area contributed by atoms with E-state index in [2.05, 4.69) is 15.9 Å². The van der Waals surface area contributed by atoms with E-state index in [9.17, 15) is 4.39 Å². The Morgan fingerprint density at radius 3 is 2.88 bits per heavy atom. The molecule has 17 heavy (non-hydrogen) atoms. The van der Waals surface area contributed by atoms with Crippen LogP contribution >= 0.6 is 27.5 Å². The van der Waals surface area contributed by atoms with Crippen LogP contribution in [0.5, 0.6) is 0 Å². The molecule has 5 heteroatoms. The minimum atomic E-state index is -0.292. The molecule has 0 bridgehead atoms. The van der Waals surface area contributed by atoms with Crippen LogP contribution in [0.3, 0.4) is 0 Å². The Bertz CT molecular complexity index is 408. The van der Waals surface area contributed by atoms with Crippen molar-refractivity contribution in [3.63, 3.8) is 0 Å². The third-order valence-electron chi connectivity index (χ3n) is 2.74. The summed E-state index contributed by atoms with van der Waals surface area (Å²) >= 11 is 9.59. The second-order valence-electron chi connectivity index (χ2n) is 4.01. The second-order valence-corrected chi connectivity index (χ2v) is 5.40. The van der Waals surface area contributed by atoms with Crippen LogP contribution in [-0.4, -0.2) is 25.9 Å². The second kappa shape index (κ2) is 5.65. The van der Waals surface area contributed by atoms with E-state index in [1.165, 1.54) is 6.07 Å². The van der Waals surface area contributed by atoms with E-state index >= 15 is 0 Å². The van der Waals surface area contributed by atoms with E-state index in [1.54, 1.807) is 13.0 Å². The number of rotatable bonds is 2. The normalized spacial score (nSPS) is 22.5. The molecule has 0 radical (unpaired) electrons. The molecule has 2 nitrogen and oxygen atoms in total. The summed E-state index contributed by atoms with van der Waals surface area (Å²) in [5, 5.41) is 0.407. The number of hydrogen-bond acceptors (Lipinski definition) is 2. The summed E-state index contributed by atoms with van der Waals surface area (Å²) in [7, 11) is 0. The zero-order chi connectivity index (χ0) is 12.4. The van der Waals surface area contributed by atoms with Crippen LogP contribution < -0.4 is 0 Å². The highest BCUT2D eigenvalue weighted by molar-refractivity contribution is 9.09. The van der Waals surface area contributed by atoms with Crippen molar-refractivity contribution >= 4 is 27.5 Å². The number of ether oxygens (including phenoxy) is 2. The van der Waals surface area contributed by atoms with E-state index < -0.39 is 0 Å². The van der Waals surface area contributed by atoms with Crippen molar-refractivity contribution in [1.82, 2.24) is 0 Å². The third kappa shape index (κ3) is 2.99. The van der Waals surface area contributed by atoms with E-state index in [-0.39, 0.29) is 16.7 Å². The van der Waals surface area contributed by atoms with Crippen LogP contribution in [-0.2, 0) is 9.47 Å². The molecule has 2 rings (SSSR count). The molecule has 0 saturated carbocycles. The summed E-state index contributed by atoms with van der Waals surface area (Å²) in [5.74, 6) is -0.292. The first kappa shape index (κ1) is 13.3. The van der Waals surface area contributed by atoms with E-state index in [1.807, 2.05) is 0 Å². The molecule has 2 atom stereocenters. The molecule has 94 valence electrons. The Hall–Kier alpha value is -0.160. The minimum Gasteiger partial charge on any atom is -0.376 e. The number of aryl methyl sites for hydroxylation is 1. The zero-order valence-electron chi connectivity index (χ0n) is 9.38. The maximum Gasteiger partial charge on any atom is 0.127 e. The molecule has 1 fully saturated rings. The Morgan fingerprint density at radius 2 is 2.24 bits per heavy atom. The topological polar surface area (TPSA) is 18.5 Å². The molecule has 0 aromatic heterocycles. The molecule has 1 aromatic rings. The summed E-state index contributed by atoms with van der Waals surface area (Å²) in [6.07, 6.45) is -0.0916. The van der Waals surface area contributed by atoms with Crippen molar-refractivity contribution in [2.45, 2.75) is 17.9 Å². The average Bonchev–Trinajstić information content (AvgIpc) is 2.34. The van der Waals surface area contributed by atoms with Gasteiger partial charge in [0.05, 0.1) is 30.8 Å². The molecule has 1 saturated heterocycles. The summed E-state index contributed by atoms with van der Waals surface area (Å²) < 4.78 is 24.3. The largest absolute Gasteiger partial charge is 0.376 e. The molecule has 0 N–H and O–H groups in total. The maximum atomic E-state index is 13.3. The van der Waals surface area contributed by atoms with Gasteiger partial charge in [0, 0.05) is 5.02 Å². The van der Waals surface area contributed by atoms with Gasteiger partial charge in [0.1, 0.15) is 5.82 Å². The van der Waals surface area contributed by atoms with Gasteiger partial charge >= 0.3 is 0 Å². The number of hydrogen-bond donors (Lipinski definition) is 0. The van der Waals surface area contributed by atoms with Crippen LogP contribution in [0.2, 0.25) is 5.02 Å².